The van der Waals surface area contributed by atoms with Crippen molar-refractivity contribution >= 4 is 23.2 Å². The van der Waals surface area contributed by atoms with Crippen molar-refractivity contribution in [3.05, 3.63) is 57.6 Å². The van der Waals surface area contributed by atoms with Crippen LogP contribution in [0.2, 0.25) is 10.0 Å². The standard InChI is InChI=1S/C17H19Cl2NO/c1-3-8-20-11-13-5-6-14(18)10-16(13)21-17-9-12(2)4-7-15(17)19/h4-7,9-10,20H,3,8,11H2,1-2H3. The maximum atomic E-state index is 6.19. The van der Waals surface area contributed by atoms with Crippen LogP contribution in [-0.4, -0.2) is 6.54 Å². The second-order valence-corrected chi connectivity index (χ2v) is 5.81. The summed E-state index contributed by atoms with van der Waals surface area (Å²) >= 11 is 12.3. The molecular weight excluding hydrogens is 305 g/mol. The fourth-order valence-corrected chi connectivity index (χ4v) is 2.29. The van der Waals surface area contributed by atoms with Crippen LogP contribution >= 0.6 is 23.2 Å². The summed E-state index contributed by atoms with van der Waals surface area (Å²) in [5, 5.41) is 4.60. The molecule has 2 rings (SSSR count). The Morgan fingerprint density at radius 1 is 1.05 bits per heavy atom. The number of aryl methyl sites for hydroxylation is 1. The monoisotopic (exact) mass is 323 g/mol. The first-order valence-electron chi connectivity index (χ1n) is 7.03. The van der Waals surface area contributed by atoms with Gasteiger partial charge in [0, 0.05) is 17.1 Å². The Hall–Kier alpha value is -1.22. The van der Waals surface area contributed by atoms with Gasteiger partial charge in [0.2, 0.25) is 0 Å². The molecule has 0 aliphatic carbocycles. The first-order chi connectivity index (χ1) is 10.1. The predicted octanol–water partition coefficient (Wildman–Crippen LogP) is 5.59. The molecule has 0 bridgehead atoms. The van der Waals surface area contributed by atoms with Crippen molar-refractivity contribution in [3.63, 3.8) is 0 Å². The summed E-state index contributed by atoms with van der Waals surface area (Å²) in [6.45, 7) is 5.85. The molecule has 0 fully saturated rings. The summed E-state index contributed by atoms with van der Waals surface area (Å²) in [7, 11) is 0. The molecule has 0 aliphatic heterocycles. The maximum Gasteiger partial charge on any atom is 0.146 e. The second-order valence-electron chi connectivity index (χ2n) is 4.96. The van der Waals surface area contributed by atoms with Gasteiger partial charge in [0.1, 0.15) is 11.5 Å². The first kappa shape index (κ1) is 16.2. The predicted molar refractivity (Wildman–Crippen MR) is 89.7 cm³/mol. The van der Waals surface area contributed by atoms with E-state index in [9.17, 15) is 0 Å². The third kappa shape index (κ3) is 4.63. The van der Waals surface area contributed by atoms with E-state index in [1.54, 1.807) is 0 Å². The number of halogens is 2. The Labute approximate surface area is 136 Å². The van der Waals surface area contributed by atoms with E-state index in [-0.39, 0.29) is 0 Å². The van der Waals surface area contributed by atoms with Gasteiger partial charge in [0.05, 0.1) is 5.02 Å². The molecule has 2 aromatic rings. The normalized spacial score (nSPS) is 10.7. The van der Waals surface area contributed by atoms with Gasteiger partial charge in [-0.2, -0.15) is 0 Å². The van der Waals surface area contributed by atoms with Crippen LogP contribution in [0, 0.1) is 6.92 Å². The Kier molecular flexibility index (Phi) is 5.92. The van der Waals surface area contributed by atoms with E-state index < -0.39 is 0 Å². The van der Waals surface area contributed by atoms with Gasteiger partial charge in [0.25, 0.3) is 0 Å². The second kappa shape index (κ2) is 7.69. The van der Waals surface area contributed by atoms with Gasteiger partial charge >= 0.3 is 0 Å². The Balaban J connectivity index is 2.25. The molecule has 0 saturated carbocycles. The lowest BCUT2D eigenvalue weighted by Crippen LogP contribution is -2.14. The van der Waals surface area contributed by atoms with Gasteiger partial charge in [-0.15, -0.1) is 0 Å². The fourth-order valence-electron chi connectivity index (χ4n) is 1.98. The van der Waals surface area contributed by atoms with Gasteiger partial charge in [-0.25, -0.2) is 0 Å². The van der Waals surface area contributed by atoms with E-state index in [4.69, 9.17) is 27.9 Å². The number of benzene rings is 2. The van der Waals surface area contributed by atoms with Crippen LogP contribution in [0.3, 0.4) is 0 Å². The van der Waals surface area contributed by atoms with E-state index in [1.807, 2.05) is 43.3 Å². The topological polar surface area (TPSA) is 21.3 Å². The number of ether oxygens (including phenoxy) is 1. The zero-order valence-electron chi connectivity index (χ0n) is 12.2. The molecule has 0 atom stereocenters. The highest BCUT2D eigenvalue weighted by Gasteiger charge is 2.09. The molecule has 0 spiro atoms. The molecule has 0 unspecified atom stereocenters. The fraction of sp³-hybridized carbons (Fsp3) is 0.294. The van der Waals surface area contributed by atoms with Crippen molar-refractivity contribution in [1.82, 2.24) is 5.32 Å². The van der Waals surface area contributed by atoms with Gasteiger partial charge < -0.3 is 10.1 Å². The van der Waals surface area contributed by atoms with Gasteiger partial charge in [-0.3, -0.25) is 0 Å². The molecule has 0 saturated heterocycles. The molecule has 21 heavy (non-hydrogen) atoms. The molecule has 2 aromatic carbocycles. The van der Waals surface area contributed by atoms with E-state index in [0.29, 0.717) is 15.8 Å². The van der Waals surface area contributed by atoms with Crippen molar-refractivity contribution in [2.24, 2.45) is 0 Å². The molecule has 4 heteroatoms. The summed E-state index contributed by atoms with van der Waals surface area (Å²) in [6, 6.07) is 11.4. The molecule has 0 radical (unpaired) electrons. The molecule has 0 heterocycles. The SMILES string of the molecule is CCCNCc1ccc(Cl)cc1Oc1cc(C)ccc1Cl. The van der Waals surface area contributed by atoms with Gasteiger partial charge in [-0.1, -0.05) is 42.3 Å². The van der Waals surface area contributed by atoms with Crippen LogP contribution in [0.15, 0.2) is 36.4 Å². The van der Waals surface area contributed by atoms with E-state index >= 15 is 0 Å². The van der Waals surface area contributed by atoms with E-state index in [1.165, 1.54) is 0 Å². The third-order valence-corrected chi connectivity index (χ3v) is 3.63. The van der Waals surface area contributed by atoms with Crippen molar-refractivity contribution in [1.29, 1.82) is 0 Å². The maximum absolute atomic E-state index is 6.19. The minimum atomic E-state index is 0.591. The van der Waals surface area contributed by atoms with Crippen molar-refractivity contribution in [2.45, 2.75) is 26.8 Å². The Morgan fingerprint density at radius 3 is 2.62 bits per heavy atom. The molecule has 1 N–H and O–H groups in total. The number of nitrogens with one attached hydrogen (secondary N) is 1. The van der Waals surface area contributed by atoms with Crippen LogP contribution < -0.4 is 10.1 Å². The summed E-state index contributed by atoms with van der Waals surface area (Å²) < 4.78 is 5.98. The number of hydrogen-bond acceptors (Lipinski definition) is 2. The Bertz CT molecular complexity index is 614. The summed E-state index contributed by atoms with van der Waals surface area (Å²) in [6.07, 6.45) is 1.09. The highest BCUT2D eigenvalue weighted by atomic mass is 35.5. The van der Waals surface area contributed by atoms with Crippen LogP contribution in [0.1, 0.15) is 24.5 Å². The van der Waals surface area contributed by atoms with Crippen molar-refractivity contribution < 1.29 is 4.74 Å². The van der Waals surface area contributed by atoms with Gasteiger partial charge in [-0.05, 0) is 49.7 Å². The summed E-state index contributed by atoms with van der Waals surface area (Å²) in [5.41, 5.74) is 2.16. The molecule has 0 aromatic heterocycles. The summed E-state index contributed by atoms with van der Waals surface area (Å²) in [5.74, 6) is 1.38. The third-order valence-electron chi connectivity index (χ3n) is 3.08. The minimum Gasteiger partial charge on any atom is -0.455 e. The molecule has 0 amide bonds. The highest BCUT2D eigenvalue weighted by molar-refractivity contribution is 6.32. The lowest BCUT2D eigenvalue weighted by atomic mass is 10.2. The van der Waals surface area contributed by atoms with Crippen LogP contribution in [0.25, 0.3) is 0 Å². The zero-order chi connectivity index (χ0) is 15.2. The first-order valence-corrected chi connectivity index (χ1v) is 7.79. The van der Waals surface area contributed by atoms with Crippen LogP contribution in [0.4, 0.5) is 0 Å². The van der Waals surface area contributed by atoms with E-state index in [0.717, 1.165) is 36.4 Å². The van der Waals surface area contributed by atoms with Crippen molar-refractivity contribution in [2.75, 3.05) is 6.54 Å². The number of rotatable bonds is 6. The molecule has 112 valence electrons. The van der Waals surface area contributed by atoms with Crippen LogP contribution in [-0.2, 0) is 6.54 Å². The number of hydrogen-bond donors (Lipinski definition) is 1. The lowest BCUT2D eigenvalue weighted by Gasteiger charge is -2.13. The van der Waals surface area contributed by atoms with Crippen molar-refractivity contribution in [3.8, 4) is 11.5 Å². The molecular formula is C17H19Cl2NO. The largest absolute Gasteiger partial charge is 0.455 e. The molecule has 2 nitrogen and oxygen atoms in total. The summed E-state index contributed by atoms with van der Waals surface area (Å²) in [4.78, 5) is 0. The smallest absolute Gasteiger partial charge is 0.146 e. The average molecular weight is 324 g/mol. The Morgan fingerprint density at radius 2 is 1.86 bits per heavy atom. The van der Waals surface area contributed by atoms with Crippen LogP contribution in [0.5, 0.6) is 11.5 Å². The average Bonchev–Trinajstić information content (AvgIpc) is 2.45. The zero-order valence-corrected chi connectivity index (χ0v) is 13.8. The highest BCUT2D eigenvalue weighted by Crippen LogP contribution is 2.33. The lowest BCUT2D eigenvalue weighted by molar-refractivity contribution is 0.472. The quantitative estimate of drug-likeness (QED) is 0.699. The van der Waals surface area contributed by atoms with E-state index in [2.05, 4.69) is 12.2 Å². The molecule has 0 aliphatic rings. The van der Waals surface area contributed by atoms with Gasteiger partial charge in [0.15, 0.2) is 0 Å². The minimum absolute atomic E-state index is 0.591.